The van der Waals surface area contributed by atoms with Crippen molar-refractivity contribution in [1.82, 2.24) is 9.80 Å². The summed E-state index contributed by atoms with van der Waals surface area (Å²) in [6.07, 6.45) is 2.13. The fourth-order valence-corrected chi connectivity index (χ4v) is 3.67. The number of piperazine rings is 1. The largest absolute Gasteiger partial charge is 0.392 e. The summed E-state index contributed by atoms with van der Waals surface area (Å²) in [5.74, 6) is 1.26. The van der Waals surface area contributed by atoms with Gasteiger partial charge in [0.05, 0.1) is 6.61 Å². The molecule has 1 aliphatic heterocycles. The second-order valence-electron chi connectivity index (χ2n) is 6.56. The van der Waals surface area contributed by atoms with Crippen molar-refractivity contribution in [3.63, 3.8) is 0 Å². The Labute approximate surface area is 159 Å². The quantitative estimate of drug-likeness (QED) is 0.849. The van der Waals surface area contributed by atoms with Crippen molar-refractivity contribution in [2.45, 2.75) is 6.61 Å². The fraction of sp³-hybridized carbons (Fsp3) is 0.381. The normalized spacial score (nSPS) is 15.2. The van der Waals surface area contributed by atoms with E-state index in [-0.39, 0.29) is 12.5 Å². The van der Waals surface area contributed by atoms with Crippen LogP contribution in [0.5, 0.6) is 0 Å². The number of thioether (sulfide) groups is 1. The van der Waals surface area contributed by atoms with Crippen LogP contribution in [-0.4, -0.2) is 65.5 Å². The number of carbonyl (C=O) groups excluding carboxylic acids is 1. The summed E-state index contributed by atoms with van der Waals surface area (Å²) >= 11 is 1.86. The summed E-state index contributed by atoms with van der Waals surface area (Å²) < 4.78 is 0. The standard InChI is InChI=1S/C21H26N2O2S/c1-26-14-13-22-9-11-23(12-10-22)21(25)19-7-5-18(6-8-19)20-4-2-3-17(15-20)16-24/h2-8,15,24H,9-14,16H2,1H3. The number of rotatable bonds is 6. The van der Waals surface area contributed by atoms with Crippen molar-refractivity contribution in [2.24, 2.45) is 0 Å². The van der Waals surface area contributed by atoms with E-state index in [0.29, 0.717) is 0 Å². The molecular formula is C21H26N2O2S. The molecule has 1 heterocycles. The Hall–Kier alpha value is -1.82. The Kier molecular flexibility index (Phi) is 6.72. The number of amides is 1. The molecule has 1 saturated heterocycles. The molecule has 5 heteroatoms. The van der Waals surface area contributed by atoms with Crippen molar-refractivity contribution < 1.29 is 9.90 Å². The number of aliphatic hydroxyl groups excluding tert-OH is 1. The van der Waals surface area contributed by atoms with Crippen LogP contribution < -0.4 is 0 Å². The van der Waals surface area contributed by atoms with Crippen LogP contribution in [0.1, 0.15) is 15.9 Å². The number of hydrogen-bond acceptors (Lipinski definition) is 4. The zero-order valence-electron chi connectivity index (χ0n) is 15.2. The summed E-state index contributed by atoms with van der Waals surface area (Å²) in [6.45, 7) is 4.65. The monoisotopic (exact) mass is 370 g/mol. The van der Waals surface area contributed by atoms with Gasteiger partial charge in [-0.3, -0.25) is 9.69 Å². The summed E-state index contributed by atoms with van der Waals surface area (Å²) in [7, 11) is 0. The predicted octanol–water partition coefficient (Wildman–Crippen LogP) is 2.97. The lowest BCUT2D eigenvalue weighted by Gasteiger charge is -2.34. The van der Waals surface area contributed by atoms with Gasteiger partial charge in [0.25, 0.3) is 5.91 Å². The molecule has 1 aliphatic rings. The first kappa shape index (κ1) is 19.0. The Balaban J connectivity index is 1.62. The molecule has 0 atom stereocenters. The summed E-state index contributed by atoms with van der Waals surface area (Å²) in [5, 5.41) is 9.28. The van der Waals surface area contributed by atoms with Crippen LogP contribution in [0.15, 0.2) is 48.5 Å². The molecule has 0 bridgehead atoms. The molecule has 0 radical (unpaired) electrons. The van der Waals surface area contributed by atoms with Gasteiger partial charge in [0.1, 0.15) is 0 Å². The third-order valence-electron chi connectivity index (χ3n) is 4.85. The SMILES string of the molecule is CSCCN1CCN(C(=O)c2ccc(-c3cccc(CO)c3)cc2)CC1. The van der Waals surface area contributed by atoms with Crippen LogP contribution in [0, 0.1) is 0 Å². The van der Waals surface area contributed by atoms with Crippen molar-refractivity contribution in [2.75, 3.05) is 44.7 Å². The van der Waals surface area contributed by atoms with Gasteiger partial charge in [0, 0.05) is 44.0 Å². The van der Waals surface area contributed by atoms with Gasteiger partial charge in [0.2, 0.25) is 0 Å². The third-order valence-corrected chi connectivity index (χ3v) is 5.44. The number of hydrogen-bond donors (Lipinski definition) is 1. The predicted molar refractivity (Wildman–Crippen MR) is 109 cm³/mol. The molecule has 0 aliphatic carbocycles. The van der Waals surface area contributed by atoms with Crippen LogP contribution in [0.2, 0.25) is 0 Å². The molecule has 0 unspecified atom stereocenters. The van der Waals surface area contributed by atoms with E-state index in [1.807, 2.05) is 65.2 Å². The topological polar surface area (TPSA) is 43.8 Å². The minimum Gasteiger partial charge on any atom is -0.392 e. The fourth-order valence-electron chi connectivity index (χ4n) is 3.23. The van der Waals surface area contributed by atoms with E-state index in [1.54, 1.807) is 0 Å². The Morgan fingerprint density at radius 2 is 1.77 bits per heavy atom. The lowest BCUT2D eigenvalue weighted by molar-refractivity contribution is 0.0644. The first-order valence-corrected chi connectivity index (χ1v) is 10.4. The van der Waals surface area contributed by atoms with E-state index in [2.05, 4.69) is 11.2 Å². The molecule has 1 amide bonds. The van der Waals surface area contributed by atoms with E-state index >= 15 is 0 Å². The van der Waals surface area contributed by atoms with Gasteiger partial charge in [-0.25, -0.2) is 0 Å². The molecule has 1 fully saturated rings. The minimum atomic E-state index is 0.0351. The van der Waals surface area contributed by atoms with E-state index < -0.39 is 0 Å². The lowest BCUT2D eigenvalue weighted by Crippen LogP contribution is -2.49. The van der Waals surface area contributed by atoms with Gasteiger partial charge in [-0.1, -0.05) is 30.3 Å². The third kappa shape index (κ3) is 4.67. The molecule has 3 rings (SSSR count). The van der Waals surface area contributed by atoms with Crippen LogP contribution >= 0.6 is 11.8 Å². The number of nitrogens with zero attached hydrogens (tertiary/aromatic N) is 2. The van der Waals surface area contributed by atoms with Gasteiger partial charge >= 0.3 is 0 Å². The maximum absolute atomic E-state index is 12.7. The lowest BCUT2D eigenvalue weighted by atomic mass is 10.0. The molecule has 1 N–H and O–H groups in total. The Morgan fingerprint density at radius 1 is 1.04 bits per heavy atom. The highest BCUT2D eigenvalue weighted by atomic mass is 32.2. The second-order valence-corrected chi connectivity index (χ2v) is 7.55. The van der Waals surface area contributed by atoms with E-state index in [1.165, 1.54) is 0 Å². The summed E-state index contributed by atoms with van der Waals surface area (Å²) in [6, 6.07) is 15.6. The van der Waals surface area contributed by atoms with Gasteiger partial charge in [-0.2, -0.15) is 11.8 Å². The molecule has 4 nitrogen and oxygen atoms in total. The first-order chi connectivity index (χ1) is 12.7. The van der Waals surface area contributed by atoms with Gasteiger partial charge in [-0.05, 0) is 41.1 Å². The molecule has 2 aromatic rings. The minimum absolute atomic E-state index is 0.0351. The highest BCUT2D eigenvalue weighted by Crippen LogP contribution is 2.22. The molecule has 138 valence electrons. The van der Waals surface area contributed by atoms with Crippen LogP contribution in [0.3, 0.4) is 0 Å². The van der Waals surface area contributed by atoms with E-state index in [9.17, 15) is 9.90 Å². The first-order valence-electron chi connectivity index (χ1n) is 9.02. The number of aliphatic hydroxyl groups is 1. The second kappa shape index (κ2) is 9.21. The number of carbonyl (C=O) groups is 1. The average molecular weight is 371 g/mol. The molecular weight excluding hydrogens is 344 g/mol. The van der Waals surface area contributed by atoms with Crippen molar-refractivity contribution in [3.8, 4) is 11.1 Å². The maximum atomic E-state index is 12.7. The zero-order valence-corrected chi connectivity index (χ0v) is 16.0. The highest BCUT2D eigenvalue weighted by molar-refractivity contribution is 7.98. The van der Waals surface area contributed by atoms with E-state index in [4.69, 9.17) is 0 Å². The summed E-state index contributed by atoms with van der Waals surface area (Å²) in [4.78, 5) is 17.1. The van der Waals surface area contributed by atoms with Crippen LogP contribution in [0.25, 0.3) is 11.1 Å². The molecule has 0 aromatic heterocycles. The highest BCUT2D eigenvalue weighted by Gasteiger charge is 2.21. The average Bonchev–Trinajstić information content (AvgIpc) is 2.72. The number of benzene rings is 2. The Bertz CT molecular complexity index is 725. The van der Waals surface area contributed by atoms with Crippen molar-refractivity contribution in [1.29, 1.82) is 0 Å². The molecule has 26 heavy (non-hydrogen) atoms. The van der Waals surface area contributed by atoms with Gasteiger partial charge in [0.15, 0.2) is 0 Å². The van der Waals surface area contributed by atoms with Crippen LogP contribution in [-0.2, 0) is 6.61 Å². The van der Waals surface area contributed by atoms with E-state index in [0.717, 1.165) is 60.7 Å². The van der Waals surface area contributed by atoms with Crippen molar-refractivity contribution in [3.05, 3.63) is 59.7 Å². The van der Waals surface area contributed by atoms with Gasteiger partial charge in [-0.15, -0.1) is 0 Å². The molecule has 0 spiro atoms. The smallest absolute Gasteiger partial charge is 0.253 e. The van der Waals surface area contributed by atoms with Crippen LogP contribution in [0.4, 0.5) is 0 Å². The Morgan fingerprint density at radius 3 is 2.42 bits per heavy atom. The molecule has 0 saturated carbocycles. The van der Waals surface area contributed by atoms with Gasteiger partial charge < -0.3 is 10.0 Å². The zero-order chi connectivity index (χ0) is 18.4. The van der Waals surface area contributed by atoms with Crippen molar-refractivity contribution >= 4 is 17.7 Å². The summed E-state index contributed by atoms with van der Waals surface area (Å²) in [5.41, 5.74) is 3.74. The molecule has 2 aromatic carbocycles. The maximum Gasteiger partial charge on any atom is 0.253 e.